The Morgan fingerprint density at radius 2 is 2.12 bits per heavy atom. The zero-order valence-electron chi connectivity index (χ0n) is 15.2. The van der Waals surface area contributed by atoms with Crippen molar-refractivity contribution in [3.05, 3.63) is 41.2 Å². The Morgan fingerprint density at radius 3 is 2.81 bits per heavy atom. The third kappa shape index (κ3) is 3.77. The summed E-state index contributed by atoms with van der Waals surface area (Å²) >= 11 is 1.46. The molecule has 9 heteroatoms. The summed E-state index contributed by atoms with van der Waals surface area (Å²) < 4.78 is 3.49. The number of hydrogen-bond acceptors (Lipinski definition) is 6. The van der Waals surface area contributed by atoms with Gasteiger partial charge in [0.2, 0.25) is 11.1 Å². The predicted molar refractivity (Wildman–Crippen MR) is 101 cm³/mol. The van der Waals surface area contributed by atoms with Crippen LogP contribution in [0.15, 0.2) is 29.4 Å². The summed E-state index contributed by atoms with van der Waals surface area (Å²) in [4.78, 5) is 12.3. The number of nitrogens with one attached hydrogen (secondary N) is 1. The van der Waals surface area contributed by atoms with E-state index in [2.05, 4.69) is 25.9 Å². The van der Waals surface area contributed by atoms with Crippen LogP contribution in [0.3, 0.4) is 0 Å². The lowest BCUT2D eigenvalue weighted by atomic mass is 10.1. The topological polar surface area (TPSA) is 90.5 Å². The van der Waals surface area contributed by atoms with Gasteiger partial charge in [0, 0.05) is 24.8 Å². The molecule has 2 aromatic heterocycles. The highest BCUT2D eigenvalue weighted by Gasteiger charge is 2.12. The van der Waals surface area contributed by atoms with Crippen LogP contribution in [-0.2, 0) is 18.3 Å². The molecule has 0 bridgehead atoms. The molecular weight excluding hydrogens is 350 g/mol. The molecule has 0 spiro atoms. The van der Waals surface area contributed by atoms with Gasteiger partial charge in [0.1, 0.15) is 0 Å². The molecule has 0 unspecified atom stereocenters. The van der Waals surface area contributed by atoms with E-state index >= 15 is 0 Å². The van der Waals surface area contributed by atoms with Gasteiger partial charge >= 0.3 is 0 Å². The number of aryl methyl sites for hydroxylation is 2. The van der Waals surface area contributed by atoms with E-state index in [4.69, 9.17) is 0 Å². The molecule has 0 aliphatic heterocycles. The van der Waals surface area contributed by atoms with Crippen LogP contribution in [0.4, 0.5) is 5.69 Å². The zero-order chi connectivity index (χ0) is 18.7. The number of hydrogen-bond donors (Lipinski definition) is 1. The van der Waals surface area contributed by atoms with E-state index in [1.54, 1.807) is 4.68 Å². The lowest BCUT2D eigenvalue weighted by Crippen LogP contribution is -2.13. The van der Waals surface area contributed by atoms with Crippen LogP contribution >= 0.6 is 11.8 Å². The molecule has 26 heavy (non-hydrogen) atoms. The molecule has 1 N–H and O–H groups in total. The largest absolute Gasteiger partial charge is 0.326 e. The lowest BCUT2D eigenvalue weighted by molar-refractivity contribution is -0.116. The van der Waals surface area contributed by atoms with Crippen LogP contribution in [0.2, 0.25) is 0 Å². The minimum Gasteiger partial charge on any atom is -0.326 e. The van der Waals surface area contributed by atoms with E-state index in [1.807, 2.05) is 56.1 Å². The number of anilines is 1. The molecule has 0 aliphatic rings. The van der Waals surface area contributed by atoms with Gasteiger partial charge in [-0.25, -0.2) is 0 Å². The molecule has 1 aromatic carbocycles. The monoisotopic (exact) mass is 371 g/mol. The van der Waals surface area contributed by atoms with Crippen LogP contribution in [0, 0.1) is 13.8 Å². The summed E-state index contributed by atoms with van der Waals surface area (Å²) in [6.45, 7) is 3.99. The Kier molecular flexibility index (Phi) is 5.36. The van der Waals surface area contributed by atoms with Crippen molar-refractivity contribution in [3.63, 3.8) is 0 Å². The van der Waals surface area contributed by atoms with Crippen molar-refractivity contribution in [2.24, 2.45) is 7.05 Å². The van der Waals surface area contributed by atoms with Crippen molar-refractivity contribution >= 4 is 23.4 Å². The van der Waals surface area contributed by atoms with Crippen LogP contribution in [0.1, 0.15) is 23.4 Å². The molecule has 0 saturated carbocycles. The van der Waals surface area contributed by atoms with Crippen LogP contribution in [0.25, 0.3) is 5.69 Å². The second kappa shape index (κ2) is 7.69. The molecule has 8 nitrogen and oxygen atoms in total. The van der Waals surface area contributed by atoms with E-state index in [0.29, 0.717) is 18.0 Å². The molecule has 0 saturated heterocycles. The first-order valence-corrected chi connectivity index (χ1v) is 9.43. The van der Waals surface area contributed by atoms with E-state index < -0.39 is 0 Å². The Hall–Kier alpha value is -2.68. The fourth-order valence-corrected chi connectivity index (χ4v) is 3.26. The molecule has 0 atom stereocenters. The zero-order valence-corrected chi connectivity index (χ0v) is 16.0. The number of tetrazole rings is 1. The Morgan fingerprint density at radius 1 is 1.31 bits per heavy atom. The highest BCUT2D eigenvalue weighted by molar-refractivity contribution is 7.98. The number of aromatic nitrogens is 6. The summed E-state index contributed by atoms with van der Waals surface area (Å²) in [5, 5.41) is 19.7. The van der Waals surface area contributed by atoms with Crippen LogP contribution in [-0.4, -0.2) is 42.2 Å². The normalized spacial score (nSPS) is 10.9. The average Bonchev–Trinajstić information content (AvgIpc) is 3.19. The third-order valence-electron chi connectivity index (χ3n) is 4.26. The summed E-state index contributed by atoms with van der Waals surface area (Å²) in [7, 11) is 1.92. The summed E-state index contributed by atoms with van der Waals surface area (Å²) in [6.07, 6.45) is 2.98. The molecule has 0 fully saturated rings. The number of benzene rings is 1. The van der Waals surface area contributed by atoms with E-state index in [0.717, 1.165) is 28.3 Å². The van der Waals surface area contributed by atoms with Gasteiger partial charge in [-0.05, 0) is 60.7 Å². The fourth-order valence-electron chi connectivity index (χ4n) is 2.82. The van der Waals surface area contributed by atoms with Gasteiger partial charge in [-0.15, -0.1) is 5.10 Å². The lowest BCUT2D eigenvalue weighted by Gasteiger charge is -2.08. The summed E-state index contributed by atoms with van der Waals surface area (Å²) in [6, 6.07) is 7.47. The first kappa shape index (κ1) is 18.1. The van der Waals surface area contributed by atoms with Gasteiger partial charge in [-0.1, -0.05) is 17.8 Å². The fraction of sp³-hybridized carbons (Fsp3) is 0.353. The number of carbonyl (C=O) groups excluding carboxylic acids is 1. The average molecular weight is 371 g/mol. The second-order valence-electron chi connectivity index (χ2n) is 5.95. The van der Waals surface area contributed by atoms with Crippen molar-refractivity contribution in [3.8, 4) is 5.69 Å². The number of thioether (sulfide) groups is 1. The SMILES string of the molecule is CSc1nnnn1-c1cccc(NC(=O)CCc2c(C)nn(C)c2C)c1. The van der Waals surface area contributed by atoms with Crippen LogP contribution < -0.4 is 5.32 Å². The molecule has 136 valence electrons. The highest BCUT2D eigenvalue weighted by atomic mass is 32.2. The Balaban J connectivity index is 1.67. The highest BCUT2D eigenvalue weighted by Crippen LogP contribution is 2.19. The number of carbonyl (C=O) groups is 1. The maximum atomic E-state index is 12.3. The first-order chi connectivity index (χ1) is 12.5. The standard InChI is InChI=1S/C17H21N7OS/c1-11-15(12(2)23(3)20-11)8-9-16(25)18-13-6-5-7-14(10-13)24-17(26-4)19-21-22-24/h5-7,10H,8-9H2,1-4H3,(H,18,25). The van der Waals surface area contributed by atoms with Gasteiger partial charge < -0.3 is 5.32 Å². The van der Waals surface area contributed by atoms with E-state index in [9.17, 15) is 4.79 Å². The minimum atomic E-state index is -0.0355. The van der Waals surface area contributed by atoms with Crippen molar-refractivity contribution < 1.29 is 4.79 Å². The molecule has 3 rings (SSSR count). The number of rotatable bonds is 6. The van der Waals surface area contributed by atoms with Gasteiger partial charge in [-0.3, -0.25) is 9.48 Å². The van der Waals surface area contributed by atoms with Crippen molar-refractivity contribution in [2.75, 3.05) is 11.6 Å². The quantitative estimate of drug-likeness (QED) is 0.669. The molecule has 0 aliphatic carbocycles. The molecular formula is C17H21N7OS. The van der Waals surface area contributed by atoms with Crippen molar-refractivity contribution in [1.29, 1.82) is 0 Å². The van der Waals surface area contributed by atoms with Gasteiger partial charge in [0.15, 0.2) is 0 Å². The maximum absolute atomic E-state index is 12.3. The Labute approximate surface area is 156 Å². The molecule has 1 amide bonds. The molecule has 2 heterocycles. The number of amides is 1. The summed E-state index contributed by atoms with van der Waals surface area (Å²) in [5.74, 6) is -0.0355. The van der Waals surface area contributed by atoms with E-state index in [-0.39, 0.29) is 5.91 Å². The smallest absolute Gasteiger partial charge is 0.224 e. The van der Waals surface area contributed by atoms with Gasteiger partial charge in [0.05, 0.1) is 11.4 Å². The second-order valence-corrected chi connectivity index (χ2v) is 6.72. The van der Waals surface area contributed by atoms with Crippen LogP contribution in [0.5, 0.6) is 0 Å². The molecule has 0 radical (unpaired) electrons. The van der Waals surface area contributed by atoms with Gasteiger partial charge in [-0.2, -0.15) is 9.78 Å². The maximum Gasteiger partial charge on any atom is 0.224 e. The van der Waals surface area contributed by atoms with Crippen molar-refractivity contribution in [2.45, 2.75) is 31.8 Å². The predicted octanol–water partition coefficient (Wildman–Crippen LogP) is 2.31. The number of nitrogens with zero attached hydrogens (tertiary/aromatic N) is 6. The molecule has 3 aromatic rings. The minimum absolute atomic E-state index is 0.0355. The van der Waals surface area contributed by atoms with E-state index in [1.165, 1.54) is 11.8 Å². The van der Waals surface area contributed by atoms with Gasteiger partial charge in [0.25, 0.3) is 0 Å². The Bertz CT molecular complexity index is 931. The third-order valence-corrected chi connectivity index (χ3v) is 4.88. The summed E-state index contributed by atoms with van der Waals surface area (Å²) in [5.41, 5.74) is 4.73. The van der Waals surface area contributed by atoms with Crippen molar-refractivity contribution in [1.82, 2.24) is 30.0 Å². The first-order valence-electron chi connectivity index (χ1n) is 8.21.